The van der Waals surface area contributed by atoms with Crippen LogP contribution >= 0.6 is 0 Å². The zero-order chi connectivity index (χ0) is 14.9. The van der Waals surface area contributed by atoms with Crippen molar-refractivity contribution in [2.24, 2.45) is 11.8 Å². The van der Waals surface area contributed by atoms with Crippen LogP contribution in [0.1, 0.15) is 31.9 Å². The monoisotopic (exact) mass is 297 g/mol. The van der Waals surface area contributed by atoms with Gasteiger partial charge in [0, 0.05) is 13.1 Å². The number of hydrogen-bond donors (Lipinski definition) is 1. The summed E-state index contributed by atoms with van der Waals surface area (Å²) in [6.07, 6.45) is 0.786. The third-order valence-electron chi connectivity index (χ3n) is 4.32. The lowest BCUT2D eigenvalue weighted by atomic mass is 10.0. The first-order valence-electron chi connectivity index (χ1n) is 7.13. The molecule has 1 N–H and O–H groups in total. The minimum Gasteiger partial charge on any atom is -0.392 e. The summed E-state index contributed by atoms with van der Waals surface area (Å²) in [4.78, 5) is 0.292. The summed E-state index contributed by atoms with van der Waals surface area (Å²) in [5, 5.41) is 9.38. The second-order valence-corrected chi connectivity index (χ2v) is 7.66. The van der Waals surface area contributed by atoms with Crippen molar-refractivity contribution in [3.8, 4) is 0 Å². The van der Waals surface area contributed by atoms with Crippen molar-refractivity contribution in [1.82, 2.24) is 4.31 Å². The fraction of sp³-hybridized carbons (Fsp3) is 0.600. The third-order valence-corrected chi connectivity index (χ3v) is 6.15. The van der Waals surface area contributed by atoms with Gasteiger partial charge >= 0.3 is 0 Å². The summed E-state index contributed by atoms with van der Waals surface area (Å²) >= 11 is 0. The van der Waals surface area contributed by atoms with Crippen LogP contribution in [0.5, 0.6) is 0 Å². The van der Waals surface area contributed by atoms with E-state index >= 15 is 0 Å². The Morgan fingerprint density at radius 1 is 1.20 bits per heavy atom. The highest BCUT2D eigenvalue weighted by Gasteiger charge is 2.35. The van der Waals surface area contributed by atoms with Gasteiger partial charge in [0.25, 0.3) is 0 Å². The predicted octanol–water partition coefficient (Wildman–Crippen LogP) is 2.02. The summed E-state index contributed by atoms with van der Waals surface area (Å²) < 4.78 is 26.8. The Morgan fingerprint density at radius 2 is 1.80 bits per heavy atom. The fourth-order valence-corrected chi connectivity index (χ4v) is 4.37. The molecule has 1 aliphatic heterocycles. The molecule has 1 aromatic rings. The smallest absolute Gasteiger partial charge is 0.243 e. The van der Waals surface area contributed by atoms with Gasteiger partial charge in [-0.2, -0.15) is 4.31 Å². The van der Waals surface area contributed by atoms with Crippen LogP contribution in [0.2, 0.25) is 0 Å². The zero-order valence-corrected chi connectivity index (χ0v) is 13.2. The number of aliphatic hydroxyl groups excluding tert-OH is 1. The van der Waals surface area contributed by atoms with Crippen LogP contribution in [0.3, 0.4) is 0 Å². The SMILES string of the molecule is CCc1ccc(S(=O)(=O)N2CC(C)C(C)C2)cc1CO. The molecule has 20 heavy (non-hydrogen) atoms. The molecule has 4 nitrogen and oxygen atoms in total. The first-order chi connectivity index (χ1) is 9.40. The molecule has 0 aliphatic carbocycles. The van der Waals surface area contributed by atoms with Gasteiger partial charge in [0.15, 0.2) is 0 Å². The Balaban J connectivity index is 2.35. The van der Waals surface area contributed by atoms with Crippen molar-refractivity contribution in [2.75, 3.05) is 13.1 Å². The standard InChI is InChI=1S/C15H23NO3S/c1-4-13-5-6-15(7-14(13)10-17)20(18,19)16-8-11(2)12(3)9-16/h5-7,11-12,17H,4,8-10H2,1-3H3. The molecule has 0 spiro atoms. The molecule has 0 amide bonds. The van der Waals surface area contributed by atoms with Gasteiger partial charge in [-0.05, 0) is 41.5 Å². The molecular formula is C15H23NO3S. The molecule has 0 aromatic heterocycles. The highest BCUT2D eigenvalue weighted by molar-refractivity contribution is 7.89. The topological polar surface area (TPSA) is 57.6 Å². The van der Waals surface area contributed by atoms with E-state index in [1.165, 1.54) is 0 Å². The Morgan fingerprint density at radius 3 is 2.30 bits per heavy atom. The summed E-state index contributed by atoms with van der Waals surface area (Å²) in [5.74, 6) is 0.772. The van der Waals surface area contributed by atoms with Gasteiger partial charge in [-0.15, -0.1) is 0 Å². The van der Waals surface area contributed by atoms with E-state index in [4.69, 9.17) is 0 Å². The van der Waals surface area contributed by atoms with Gasteiger partial charge < -0.3 is 5.11 Å². The van der Waals surface area contributed by atoms with Crippen molar-refractivity contribution in [1.29, 1.82) is 0 Å². The van der Waals surface area contributed by atoms with E-state index in [0.717, 1.165) is 12.0 Å². The highest BCUT2D eigenvalue weighted by atomic mass is 32.2. The Bertz CT molecular complexity index is 573. The second kappa shape index (κ2) is 5.84. The maximum absolute atomic E-state index is 12.6. The summed E-state index contributed by atoms with van der Waals surface area (Å²) in [6.45, 7) is 7.19. The van der Waals surface area contributed by atoms with Crippen LogP contribution in [-0.2, 0) is 23.1 Å². The van der Waals surface area contributed by atoms with Crippen LogP contribution in [0, 0.1) is 11.8 Å². The van der Waals surface area contributed by atoms with Gasteiger partial charge in [-0.1, -0.05) is 26.8 Å². The van der Waals surface area contributed by atoms with E-state index in [0.29, 0.717) is 35.4 Å². The molecular weight excluding hydrogens is 274 g/mol. The van der Waals surface area contributed by atoms with Crippen molar-refractivity contribution in [3.63, 3.8) is 0 Å². The number of aliphatic hydroxyl groups is 1. The predicted molar refractivity (Wildman–Crippen MR) is 78.8 cm³/mol. The molecule has 0 saturated carbocycles. The summed E-state index contributed by atoms with van der Waals surface area (Å²) in [6, 6.07) is 5.07. The van der Waals surface area contributed by atoms with Crippen LogP contribution in [0.15, 0.2) is 23.1 Å². The molecule has 1 heterocycles. The zero-order valence-electron chi connectivity index (χ0n) is 12.3. The molecule has 1 aromatic carbocycles. The van der Waals surface area contributed by atoms with Gasteiger partial charge in [-0.25, -0.2) is 8.42 Å². The van der Waals surface area contributed by atoms with Gasteiger partial charge in [0.2, 0.25) is 10.0 Å². The molecule has 0 radical (unpaired) electrons. The van der Waals surface area contributed by atoms with Crippen molar-refractivity contribution in [2.45, 2.75) is 38.7 Å². The Labute approximate surface area is 121 Å². The maximum Gasteiger partial charge on any atom is 0.243 e. The normalized spacial score (nSPS) is 24.2. The molecule has 0 bridgehead atoms. The van der Waals surface area contributed by atoms with E-state index in [9.17, 15) is 13.5 Å². The van der Waals surface area contributed by atoms with Crippen molar-refractivity contribution >= 4 is 10.0 Å². The summed E-state index contributed by atoms with van der Waals surface area (Å²) in [5.41, 5.74) is 1.70. The van der Waals surface area contributed by atoms with Crippen LogP contribution in [0.25, 0.3) is 0 Å². The molecule has 2 atom stereocenters. The molecule has 112 valence electrons. The van der Waals surface area contributed by atoms with Gasteiger partial charge in [0.1, 0.15) is 0 Å². The molecule has 5 heteroatoms. The first kappa shape index (κ1) is 15.5. The number of sulfonamides is 1. The van der Waals surface area contributed by atoms with E-state index in [1.54, 1.807) is 22.5 Å². The number of benzene rings is 1. The third kappa shape index (κ3) is 2.75. The van der Waals surface area contributed by atoms with Gasteiger partial charge in [-0.3, -0.25) is 0 Å². The lowest BCUT2D eigenvalue weighted by molar-refractivity contribution is 0.280. The Kier molecular flexibility index (Phi) is 4.52. The van der Waals surface area contributed by atoms with E-state index in [1.807, 2.05) is 6.92 Å². The minimum atomic E-state index is -3.44. The number of nitrogens with zero attached hydrogens (tertiary/aromatic N) is 1. The second-order valence-electron chi connectivity index (χ2n) is 5.72. The van der Waals surface area contributed by atoms with Crippen LogP contribution < -0.4 is 0 Å². The molecule has 2 unspecified atom stereocenters. The number of aryl methyl sites for hydroxylation is 1. The number of rotatable bonds is 4. The first-order valence-corrected chi connectivity index (χ1v) is 8.57. The quantitative estimate of drug-likeness (QED) is 0.925. The van der Waals surface area contributed by atoms with Crippen molar-refractivity contribution < 1.29 is 13.5 Å². The van der Waals surface area contributed by atoms with Crippen LogP contribution in [0.4, 0.5) is 0 Å². The van der Waals surface area contributed by atoms with E-state index < -0.39 is 10.0 Å². The minimum absolute atomic E-state index is 0.126. The van der Waals surface area contributed by atoms with Crippen molar-refractivity contribution in [3.05, 3.63) is 29.3 Å². The largest absolute Gasteiger partial charge is 0.392 e. The lowest BCUT2D eigenvalue weighted by Gasteiger charge is -2.17. The summed E-state index contributed by atoms with van der Waals surface area (Å²) in [7, 11) is -3.44. The Hall–Kier alpha value is -0.910. The molecule has 2 rings (SSSR count). The molecule has 1 fully saturated rings. The average Bonchev–Trinajstić information content (AvgIpc) is 2.78. The maximum atomic E-state index is 12.6. The lowest BCUT2D eigenvalue weighted by Crippen LogP contribution is -2.29. The van der Waals surface area contributed by atoms with Gasteiger partial charge in [0.05, 0.1) is 11.5 Å². The number of hydrogen-bond acceptors (Lipinski definition) is 3. The van der Waals surface area contributed by atoms with E-state index in [2.05, 4.69) is 13.8 Å². The molecule has 1 aliphatic rings. The molecule has 1 saturated heterocycles. The average molecular weight is 297 g/mol. The van der Waals surface area contributed by atoms with E-state index in [-0.39, 0.29) is 6.61 Å². The van der Waals surface area contributed by atoms with Crippen LogP contribution in [-0.4, -0.2) is 30.9 Å². The fourth-order valence-electron chi connectivity index (χ4n) is 2.68. The highest BCUT2D eigenvalue weighted by Crippen LogP contribution is 2.29.